The number of para-hydroxylation sites is 1. The molecule has 1 saturated heterocycles. The molecule has 0 unspecified atom stereocenters. The molecule has 0 saturated carbocycles. The third kappa shape index (κ3) is 5.23. The van der Waals surface area contributed by atoms with E-state index in [4.69, 9.17) is 14.2 Å². The van der Waals surface area contributed by atoms with E-state index in [1.807, 2.05) is 50.2 Å². The second kappa shape index (κ2) is 9.42. The van der Waals surface area contributed by atoms with Gasteiger partial charge in [0.25, 0.3) is 5.91 Å². The zero-order valence-corrected chi connectivity index (χ0v) is 16.0. The van der Waals surface area contributed by atoms with Gasteiger partial charge >= 0.3 is 0 Å². The van der Waals surface area contributed by atoms with Gasteiger partial charge in [0, 0.05) is 24.3 Å². The average Bonchev–Trinajstić information content (AvgIpc) is 3.20. The van der Waals surface area contributed by atoms with E-state index in [-0.39, 0.29) is 12.0 Å². The summed E-state index contributed by atoms with van der Waals surface area (Å²) in [6.07, 6.45) is 2.18. The molecule has 1 N–H and O–H groups in total. The molecule has 5 heteroatoms. The predicted molar refractivity (Wildman–Crippen MR) is 104 cm³/mol. The van der Waals surface area contributed by atoms with E-state index in [9.17, 15) is 4.79 Å². The number of carbonyl (C=O) groups excluding carboxylic acids is 1. The number of nitrogens with one attached hydrogen (secondary N) is 1. The molecule has 5 nitrogen and oxygen atoms in total. The van der Waals surface area contributed by atoms with Crippen LogP contribution in [0.4, 0.5) is 0 Å². The Hall–Kier alpha value is -2.53. The van der Waals surface area contributed by atoms with Crippen LogP contribution in [0.3, 0.4) is 0 Å². The molecule has 2 aromatic rings. The number of ether oxygens (including phenoxy) is 3. The molecule has 27 heavy (non-hydrogen) atoms. The maximum absolute atomic E-state index is 12.5. The zero-order chi connectivity index (χ0) is 19.1. The van der Waals surface area contributed by atoms with Gasteiger partial charge in [0.05, 0.1) is 12.7 Å². The van der Waals surface area contributed by atoms with Crippen molar-refractivity contribution in [2.75, 3.05) is 19.8 Å². The fourth-order valence-corrected chi connectivity index (χ4v) is 3.12. The van der Waals surface area contributed by atoms with Gasteiger partial charge in [-0.2, -0.15) is 0 Å². The number of hydrogen-bond acceptors (Lipinski definition) is 4. The highest BCUT2D eigenvalue weighted by Crippen LogP contribution is 2.24. The van der Waals surface area contributed by atoms with Crippen LogP contribution in [0.5, 0.6) is 11.5 Å². The summed E-state index contributed by atoms with van der Waals surface area (Å²) in [5.41, 5.74) is 2.52. The Labute approximate surface area is 160 Å². The minimum atomic E-state index is -0.106. The van der Waals surface area contributed by atoms with Crippen molar-refractivity contribution in [1.29, 1.82) is 0 Å². The number of amides is 1. The molecule has 0 bridgehead atoms. The molecule has 1 amide bonds. The number of carbonyl (C=O) groups is 1. The first-order valence-electron chi connectivity index (χ1n) is 9.51. The van der Waals surface area contributed by atoms with Crippen molar-refractivity contribution in [2.45, 2.75) is 39.4 Å². The quantitative estimate of drug-likeness (QED) is 0.767. The largest absolute Gasteiger partial charge is 0.493 e. The van der Waals surface area contributed by atoms with Crippen molar-refractivity contribution in [2.24, 2.45) is 0 Å². The lowest BCUT2D eigenvalue weighted by Gasteiger charge is -2.15. The first kappa shape index (κ1) is 19.2. The Morgan fingerprint density at radius 1 is 1.19 bits per heavy atom. The third-order valence-electron chi connectivity index (χ3n) is 4.61. The summed E-state index contributed by atoms with van der Waals surface area (Å²) in [5.74, 6) is 1.46. The molecular weight excluding hydrogens is 342 g/mol. The van der Waals surface area contributed by atoms with Crippen LogP contribution in [0.1, 0.15) is 41.3 Å². The van der Waals surface area contributed by atoms with E-state index in [0.717, 1.165) is 42.1 Å². The zero-order valence-electron chi connectivity index (χ0n) is 16.0. The van der Waals surface area contributed by atoms with Crippen LogP contribution in [0, 0.1) is 6.92 Å². The van der Waals surface area contributed by atoms with E-state index in [1.165, 1.54) is 0 Å². The van der Waals surface area contributed by atoms with E-state index < -0.39 is 0 Å². The Bertz CT molecular complexity index is 769. The first-order chi connectivity index (χ1) is 13.2. The summed E-state index contributed by atoms with van der Waals surface area (Å²) in [4.78, 5) is 12.5. The van der Waals surface area contributed by atoms with Crippen molar-refractivity contribution in [3.8, 4) is 11.5 Å². The van der Waals surface area contributed by atoms with Crippen molar-refractivity contribution < 1.29 is 19.0 Å². The van der Waals surface area contributed by atoms with Crippen molar-refractivity contribution >= 4 is 5.91 Å². The number of benzene rings is 2. The monoisotopic (exact) mass is 369 g/mol. The van der Waals surface area contributed by atoms with Crippen LogP contribution in [-0.4, -0.2) is 31.8 Å². The van der Waals surface area contributed by atoms with Crippen LogP contribution in [0.2, 0.25) is 0 Å². The molecular formula is C22H27NO4. The van der Waals surface area contributed by atoms with Gasteiger partial charge in [-0.15, -0.1) is 0 Å². The number of rotatable bonds is 8. The molecule has 144 valence electrons. The molecule has 1 heterocycles. The molecule has 0 aliphatic carbocycles. The van der Waals surface area contributed by atoms with E-state index in [0.29, 0.717) is 25.3 Å². The maximum Gasteiger partial charge on any atom is 0.251 e. The van der Waals surface area contributed by atoms with Crippen molar-refractivity contribution in [1.82, 2.24) is 5.32 Å². The topological polar surface area (TPSA) is 56.8 Å². The van der Waals surface area contributed by atoms with Crippen molar-refractivity contribution in [3.05, 3.63) is 59.2 Å². The highest BCUT2D eigenvalue weighted by Gasteiger charge is 2.17. The predicted octanol–water partition coefficient (Wildman–Crippen LogP) is 3.88. The molecule has 1 aliphatic heterocycles. The molecule has 0 radical (unpaired) electrons. The molecule has 0 aromatic heterocycles. The van der Waals surface area contributed by atoms with E-state index in [1.54, 1.807) is 6.07 Å². The lowest BCUT2D eigenvalue weighted by atomic mass is 10.1. The number of hydrogen-bond donors (Lipinski definition) is 1. The first-order valence-corrected chi connectivity index (χ1v) is 9.51. The maximum atomic E-state index is 12.5. The highest BCUT2D eigenvalue weighted by atomic mass is 16.5. The van der Waals surface area contributed by atoms with Gasteiger partial charge in [-0.1, -0.05) is 18.2 Å². The van der Waals surface area contributed by atoms with Gasteiger partial charge in [0.2, 0.25) is 0 Å². The highest BCUT2D eigenvalue weighted by molar-refractivity contribution is 5.94. The Kier molecular flexibility index (Phi) is 6.71. The van der Waals surface area contributed by atoms with Gasteiger partial charge in [-0.05, 0) is 56.5 Å². The fraction of sp³-hybridized carbons (Fsp3) is 0.409. The summed E-state index contributed by atoms with van der Waals surface area (Å²) in [5, 5.41) is 2.96. The smallest absolute Gasteiger partial charge is 0.251 e. The number of aryl methyl sites for hydroxylation is 1. The van der Waals surface area contributed by atoms with Gasteiger partial charge in [-0.3, -0.25) is 4.79 Å². The van der Waals surface area contributed by atoms with Gasteiger partial charge in [-0.25, -0.2) is 0 Å². The SMILES string of the molecule is CCOc1ccc(C(=O)NC[C@H]2CCCO2)cc1COc1ccccc1C. The van der Waals surface area contributed by atoms with Gasteiger partial charge < -0.3 is 19.5 Å². The lowest BCUT2D eigenvalue weighted by molar-refractivity contribution is 0.0857. The summed E-state index contributed by atoms with van der Waals surface area (Å²) in [6.45, 7) is 6.17. The Morgan fingerprint density at radius 3 is 2.78 bits per heavy atom. The van der Waals surface area contributed by atoms with E-state index in [2.05, 4.69) is 5.32 Å². The Morgan fingerprint density at radius 2 is 2.04 bits per heavy atom. The third-order valence-corrected chi connectivity index (χ3v) is 4.61. The normalized spacial score (nSPS) is 16.1. The standard InChI is InChI=1S/C22H27NO4/c1-3-25-21-11-10-17(22(24)23-14-19-8-6-12-26-19)13-18(21)15-27-20-9-5-4-7-16(20)2/h4-5,7,9-11,13,19H,3,6,8,12,14-15H2,1-2H3,(H,23,24)/t19-/m1/s1. The molecule has 3 rings (SSSR count). The summed E-state index contributed by atoms with van der Waals surface area (Å²) in [7, 11) is 0. The van der Waals surface area contributed by atoms with Crippen LogP contribution in [-0.2, 0) is 11.3 Å². The summed E-state index contributed by atoms with van der Waals surface area (Å²) < 4.78 is 17.2. The van der Waals surface area contributed by atoms with Crippen LogP contribution in [0.25, 0.3) is 0 Å². The molecule has 0 spiro atoms. The summed E-state index contributed by atoms with van der Waals surface area (Å²) >= 11 is 0. The van der Waals surface area contributed by atoms with E-state index >= 15 is 0 Å². The van der Waals surface area contributed by atoms with Crippen LogP contribution >= 0.6 is 0 Å². The molecule has 1 aliphatic rings. The molecule has 1 atom stereocenters. The average molecular weight is 369 g/mol. The molecule has 2 aromatic carbocycles. The van der Waals surface area contributed by atoms with Crippen LogP contribution in [0.15, 0.2) is 42.5 Å². The second-order valence-electron chi connectivity index (χ2n) is 6.65. The van der Waals surface area contributed by atoms with Crippen LogP contribution < -0.4 is 14.8 Å². The minimum absolute atomic E-state index is 0.106. The minimum Gasteiger partial charge on any atom is -0.493 e. The van der Waals surface area contributed by atoms with Gasteiger partial charge in [0.1, 0.15) is 18.1 Å². The van der Waals surface area contributed by atoms with Gasteiger partial charge in [0.15, 0.2) is 0 Å². The summed E-state index contributed by atoms with van der Waals surface area (Å²) in [6, 6.07) is 13.3. The van der Waals surface area contributed by atoms with Crippen molar-refractivity contribution in [3.63, 3.8) is 0 Å². The Balaban J connectivity index is 1.69. The fourth-order valence-electron chi connectivity index (χ4n) is 3.12. The lowest BCUT2D eigenvalue weighted by Crippen LogP contribution is -2.31. The second-order valence-corrected chi connectivity index (χ2v) is 6.65. The molecule has 1 fully saturated rings.